The monoisotopic (exact) mass is 496 g/mol. The van der Waals surface area contributed by atoms with Gasteiger partial charge in [-0.1, -0.05) is 37.3 Å². The SMILES string of the molecule is CCCN1CCC(NC(=NCc2ccccc2)NCCc2ccco2)CC1.I. The van der Waals surface area contributed by atoms with Crippen LogP contribution in [0.5, 0.6) is 0 Å². The Hall–Kier alpha value is -1.54. The molecule has 2 N–H and O–H groups in total. The number of hydrogen-bond acceptors (Lipinski definition) is 3. The maximum atomic E-state index is 5.42. The van der Waals surface area contributed by atoms with Gasteiger partial charge in [-0.2, -0.15) is 0 Å². The molecule has 0 unspecified atom stereocenters. The van der Waals surface area contributed by atoms with Crippen molar-refractivity contribution in [2.75, 3.05) is 26.2 Å². The van der Waals surface area contributed by atoms with Crippen molar-refractivity contribution in [1.82, 2.24) is 15.5 Å². The second kappa shape index (κ2) is 12.8. The topological polar surface area (TPSA) is 52.8 Å². The fourth-order valence-electron chi connectivity index (χ4n) is 3.48. The average Bonchev–Trinajstić information content (AvgIpc) is 3.22. The van der Waals surface area contributed by atoms with Gasteiger partial charge in [-0.3, -0.25) is 0 Å². The van der Waals surface area contributed by atoms with Crippen molar-refractivity contribution in [1.29, 1.82) is 0 Å². The second-order valence-corrected chi connectivity index (χ2v) is 7.17. The summed E-state index contributed by atoms with van der Waals surface area (Å²) < 4.78 is 5.42. The van der Waals surface area contributed by atoms with Gasteiger partial charge < -0.3 is 20.0 Å². The molecule has 0 amide bonds. The van der Waals surface area contributed by atoms with E-state index >= 15 is 0 Å². The summed E-state index contributed by atoms with van der Waals surface area (Å²) in [5.41, 5.74) is 1.22. The van der Waals surface area contributed by atoms with Gasteiger partial charge in [-0.15, -0.1) is 24.0 Å². The van der Waals surface area contributed by atoms with Gasteiger partial charge in [-0.05, 0) is 43.5 Å². The van der Waals surface area contributed by atoms with Gasteiger partial charge in [0.1, 0.15) is 5.76 Å². The second-order valence-electron chi connectivity index (χ2n) is 7.17. The van der Waals surface area contributed by atoms with Crippen LogP contribution < -0.4 is 10.6 Å². The van der Waals surface area contributed by atoms with Crippen LogP contribution in [0, 0.1) is 0 Å². The normalized spacial score (nSPS) is 15.8. The molecule has 0 bridgehead atoms. The molecule has 6 heteroatoms. The van der Waals surface area contributed by atoms with Crippen LogP contribution in [0.3, 0.4) is 0 Å². The summed E-state index contributed by atoms with van der Waals surface area (Å²) >= 11 is 0. The molecule has 3 rings (SSSR count). The zero-order valence-corrected chi connectivity index (χ0v) is 19.1. The van der Waals surface area contributed by atoms with Crippen LogP contribution in [-0.2, 0) is 13.0 Å². The first-order valence-corrected chi connectivity index (χ1v) is 10.2. The molecule has 1 aromatic heterocycles. The highest BCUT2D eigenvalue weighted by atomic mass is 127. The quantitative estimate of drug-likeness (QED) is 0.329. The van der Waals surface area contributed by atoms with E-state index in [1.807, 2.05) is 18.2 Å². The Kier molecular flexibility index (Phi) is 10.4. The van der Waals surface area contributed by atoms with Crippen molar-refractivity contribution in [2.24, 2.45) is 4.99 Å². The minimum Gasteiger partial charge on any atom is -0.469 e. The third-order valence-electron chi connectivity index (χ3n) is 4.97. The van der Waals surface area contributed by atoms with Crippen molar-refractivity contribution < 1.29 is 4.42 Å². The fourth-order valence-corrected chi connectivity index (χ4v) is 3.48. The summed E-state index contributed by atoms with van der Waals surface area (Å²) in [6, 6.07) is 14.8. The first kappa shape index (κ1) is 22.7. The molecule has 0 radical (unpaired) electrons. The molecule has 1 aromatic carbocycles. The predicted octanol–water partition coefficient (Wildman–Crippen LogP) is 4.05. The smallest absolute Gasteiger partial charge is 0.191 e. The fraction of sp³-hybridized carbons (Fsp3) is 0.500. The summed E-state index contributed by atoms with van der Waals surface area (Å²) in [5.74, 6) is 1.90. The van der Waals surface area contributed by atoms with Gasteiger partial charge >= 0.3 is 0 Å². The van der Waals surface area contributed by atoms with Crippen LogP contribution in [0.25, 0.3) is 0 Å². The van der Waals surface area contributed by atoms with Crippen molar-refractivity contribution in [3.05, 3.63) is 60.1 Å². The van der Waals surface area contributed by atoms with Crippen LogP contribution in [0.1, 0.15) is 37.5 Å². The molecule has 5 nitrogen and oxygen atoms in total. The Morgan fingerprint density at radius 3 is 2.61 bits per heavy atom. The zero-order valence-electron chi connectivity index (χ0n) is 16.8. The Morgan fingerprint density at radius 2 is 1.93 bits per heavy atom. The number of rotatable bonds is 8. The van der Waals surface area contributed by atoms with Crippen LogP contribution in [0.2, 0.25) is 0 Å². The van der Waals surface area contributed by atoms with Gasteiger partial charge in [-0.25, -0.2) is 4.99 Å². The Balaban J connectivity index is 0.00000280. The molecule has 0 aliphatic carbocycles. The van der Waals surface area contributed by atoms with E-state index in [-0.39, 0.29) is 24.0 Å². The Bertz CT molecular complexity index is 667. The lowest BCUT2D eigenvalue weighted by molar-refractivity contribution is 0.206. The molecular weight excluding hydrogens is 463 g/mol. The summed E-state index contributed by atoms with van der Waals surface area (Å²) in [6.45, 7) is 7.30. The number of benzene rings is 1. The minimum absolute atomic E-state index is 0. The summed E-state index contributed by atoms with van der Waals surface area (Å²) in [7, 11) is 0. The largest absolute Gasteiger partial charge is 0.469 e. The maximum Gasteiger partial charge on any atom is 0.191 e. The predicted molar refractivity (Wildman–Crippen MR) is 126 cm³/mol. The molecule has 28 heavy (non-hydrogen) atoms. The Labute approximate surface area is 186 Å². The standard InChI is InChI=1S/C22H32N4O.HI/c1-2-14-26-15-11-20(12-16-26)25-22(23-13-10-21-9-6-17-27-21)24-18-19-7-4-3-5-8-19;/h3-9,17,20H,2,10-16,18H2,1H3,(H2,23,24,25);1H. The summed E-state index contributed by atoms with van der Waals surface area (Å²) in [6.07, 6.45) is 6.15. The number of nitrogens with zero attached hydrogens (tertiary/aromatic N) is 2. The van der Waals surface area contributed by atoms with E-state index < -0.39 is 0 Å². The van der Waals surface area contributed by atoms with Crippen molar-refractivity contribution >= 4 is 29.9 Å². The van der Waals surface area contributed by atoms with Crippen molar-refractivity contribution in [3.8, 4) is 0 Å². The van der Waals surface area contributed by atoms with Crippen LogP contribution >= 0.6 is 24.0 Å². The van der Waals surface area contributed by atoms with E-state index in [0.717, 1.165) is 24.7 Å². The lowest BCUT2D eigenvalue weighted by Gasteiger charge is -2.32. The van der Waals surface area contributed by atoms with Gasteiger partial charge in [0.25, 0.3) is 0 Å². The van der Waals surface area contributed by atoms with Gasteiger partial charge in [0, 0.05) is 32.1 Å². The highest BCUT2D eigenvalue weighted by Crippen LogP contribution is 2.11. The molecule has 0 atom stereocenters. The first-order chi connectivity index (χ1) is 13.3. The van der Waals surface area contributed by atoms with Crippen molar-refractivity contribution in [2.45, 2.75) is 45.2 Å². The van der Waals surface area contributed by atoms with E-state index in [9.17, 15) is 0 Å². The lowest BCUT2D eigenvalue weighted by atomic mass is 10.1. The van der Waals surface area contributed by atoms with E-state index in [1.54, 1.807) is 6.26 Å². The molecule has 0 spiro atoms. The van der Waals surface area contributed by atoms with E-state index in [2.05, 4.69) is 46.7 Å². The molecular formula is C22H33IN4O. The molecule has 154 valence electrons. The average molecular weight is 496 g/mol. The number of hydrogen-bond donors (Lipinski definition) is 2. The minimum atomic E-state index is 0. The molecule has 2 aromatic rings. The highest BCUT2D eigenvalue weighted by molar-refractivity contribution is 14.0. The third-order valence-corrected chi connectivity index (χ3v) is 4.97. The van der Waals surface area contributed by atoms with E-state index in [0.29, 0.717) is 12.6 Å². The number of likely N-dealkylation sites (tertiary alicyclic amines) is 1. The van der Waals surface area contributed by atoms with Crippen LogP contribution in [-0.4, -0.2) is 43.1 Å². The first-order valence-electron chi connectivity index (χ1n) is 10.2. The zero-order chi connectivity index (χ0) is 18.7. The number of nitrogens with one attached hydrogen (secondary N) is 2. The molecule has 2 heterocycles. The molecule has 0 saturated carbocycles. The van der Waals surface area contributed by atoms with Crippen molar-refractivity contribution in [3.63, 3.8) is 0 Å². The van der Waals surface area contributed by atoms with E-state index in [1.165, 1.54) is 44.5 Å². The lowest BCUT2D eigenvalue weighted by Crippen LogP contribution is -2.49. The molecule has 1 fully saturated rings. The summed E-state index contributed by atoms with van der Waals surface area (Å²) in [5, 5.41) is 7.13. The Morgan fingerprint density at radius 1 is 1.14 bits per heavy atom. The number of guanidine groups is 1. The van der Waals surface area contributed by atoms with Crippen LogP contribution in [0.15, 0.2) is 58.1 Å². The number of halogens is 1. The maximum absolute atomic E-state index is 5.42. The van der Waals surface area contributed by atoms with Gasteiger partial charge in [0.2, 0.25) is 0 Å². The van der Waals surface area contributed by atoms with Gasteiger partial charge in [0.05, 0.1) is 12.8 Å². The number of aliphatic imine (C=N–C) groups is 1. The third kappa shape index (κ3) is 7.83. The van der Waals surface area contributed by atoms with E-state index in [4.69, 9.17) is 9.41 Å². The number of piperidine rings is 1. The van der Waals surface area contributed by atoms with Crippen LogP contribution in [0.4, 0.5) is 0 Å². The summed E-state index contributed by atoms with van der Waals surface area (Å²) in [4.78, 5) is 7.37. The molecule has 1 aliphatic heterocycles. The highest BCUT2D eigenvalue weighted by Gasteiger charge is 2.19. The van der Waals surface area contributed by atoms with Gasteiger partial charge in [0.15, 0.2) is 5.96 Å². The molecule has 1 saturated heterocycles. The molecule has 1 aliphatic rings. The number of furan rings is 1.